The van der Waals surface area contributed by atoms with Crippen molar-refractivity contribution in [1.29, 1.82) is 0 Å². The second-order valence-corrected chi connectivity index (χ2v) is 4.83. The molecular weight excluding hydrogens is 263 g/mol. The molecule has 19 heavy (non-hydrogen) atoms. The Morgan fingerprint density at radius 3 is 2.84 bits per heavy atom. The van der Waals surface area contributed by atoms with Crippen molar-refractivity contribution in [3.8, 4) is 0 Å². The SMILES string of the molecule is CCc1cnccc1C(N)Cc1cccc(F)c1Cl. The molecule has 0 saturated heterocycles. The van der Waals surface area contributed by atoms with Crippen LogP contribution in [0, 0.1) is 5.82 Å². The smallest absolute Gasteiger partial charge is 0.142 e. The van der Waals surface area contributed by atoms with Crippen LogP contribution in [0.3, 0.4) is 0 Å². The van der Waals surface area contributed by atoms with Gasteiger partial charge >= 0.3 is 0 Å². The fourth-order valence-corrected chi connectivity index (χ4v) is 2.35. The van der Waals surface area contributed by atoms with Gasteiger partial charge in [0.2, 0.25) is 0 Å². The Morgan fingerprint density at radius 2 is 2.11 bits per heavy atom. The van der Waals surface area contributed by atoms with Crippen LogP contribution in [0.15, 0.2) is 36.7 Å². The van der Waals surface area contributed by atoms with Gasteiger partial charge in [-0.15, -0.1) is 0 Å². The number of nitrogens with two attached hydrogens (primary N) is 1. The molecule has 0 aliphatic heterocycles. The lowest BCUT2D eigenvalue weighted by molar-refractivity contribution is 0.622. The molecule has 4 heteroatoms. The first-order valence-corrected chi connectivity index (χ1v) is 6.62. The Balaban J connectivity index is 2.26. The van der Waals surface area contributed by atoms with E-state index in [1.54, 1.807) is 18.3 Å². The van der Waals surface area contributed by atoms with E-state index < -0.39 is 5.82 Å². The normalized spacial score (nSPS) is 12.4. The maximum Gasteiger partial charge on any atom is 0.142 e. The Morgan fingerprint density at radius 1 is 1.32 bits per heavy atom. The number of hydrogen-bond donors (Lipinski definition) is 1. The molecule has 1 atom stereocenters. The lowest BCUT2D eigenvalue weighted by Crippen LogP contribution is -2.16. The summed E-state index contributed by atoms with van der Waals surface area (Å²) in [5.74, 6) is -0.406. The Kier molecular flexibility index (Phi) is 4.51. The van der Waals surface area contributed by atoms with Gasteiger partial charge in [-0.1, -0.05) is 30.7 Å². The first kappa shape index (κ1) is 14.0. The van der Waals surface area contributed by atoms with Crippen LogP contribution >= 0.6 is 11.6 Å². The van der Waals surface area contributed by atoms with Crippen LogP contribution in [0.5, 0.6) is 0 Å². The monoisotopic (exact) mass is 278 g/mol. The Hall–Kier alpha value is -1.45. The number of rotatable bonds is 4. The van der Waals surface area contributed by atoms with E-state index in [9.17, 15) is 4.39 Å². The maximum absolute atomic E-state index is 13.4. The summed E-state index contributed by atoms with van der Waals surface area (Å²) in [5, 5.41) is 0.157. The highest BCUT2D eigenvalue weighted by atomic mass is 35.5. The van der Waals surface area contributed by atoms with Gasteiger partial charge in [0.25, 0.3) is 0 Å². The molecule has 0 spiro atoms. The quantitative estimate of drug-likeness (QED) is 0.927. The summed E-state index contributed by atoms with van der Waals surface area (Å²) in [5.41, 5.74) is 9.10. The number of aryl methyl sites for hydroxylation is 1. The zero-order chi connectivity index (χ0) is 13.8. The molecule has 1 aromatic carbocycles. The highest BCUT2D eigenvalue weighted by molar-refractivity contribution is 6.31. The van der Waals surface area contributed by atoms with Gasteiger partial charge in [0, 0.05) is 18.4 Å². The summed E-state index contributed by atoms with van der Waals surface area (Å²) in [6.07, 6.45) is 4.92. The summed E-state index contributed by atoms with van der Waals surface area (Å²) in [6, 6.07) is 6.50. The fraction of sp³-hybridized carbons (Fsp3) is 0.267. The van der Waals surface area contributed by atoms with Gasteiger partial charge in [-0.2, -0.15) is 0 Å². The van der Waals surface area contributed by atoms with Crippen LogP contribution in [-0.4, -0.2) is 4.98 Å². The maximum atomic E-state index is 13.4. The predicted molar refractivity (Wildman–Crippen MR) is 75.7 cm³/mol. The number of benzene rings is 1. The van der Waals surface area contributed by atoms with Gasteiger partial charge in [0.1, 0.15) is 5.82 Å². The number of halogens is 2. The average molecular weight is 279 g/mol. The summed E-state index contributed by atoms with van der Waals surface area (Å²) < 4.78 is 13.4. The highest BCUT2D eigenvalue weighted by Crippen LogP contribution is 2.25. The van der Waals surface area contributed by atoms with Crippen molar-refractivity contribution in [2.24, 2.45) is 5.73 Å². The third-order valence-corrected chi connectivity index (χ3v) is 3.62. The number of aromatic nitrogens is 1. The van der Waals surface area contributed by atoms with Crippen molar-refractivity contribution in [2.45, 2.75) is 25.8 Å². The first-order chi connectivity index (χ1) is 9.13. The average Bonchev–Trinajstić information content (AvgIpc) is 2.43. The molecular formula is C15H16ClFN2. The van der Waals surface area contributed by atoms with Crippen LogP contribution in [0.25, 0.3) is 0 Å². The van der Waals surface area contributed by atoms with Gasteiger partial charge in [0.15, 0.2) is 0 Å². The minimum absolute atomic E-state index is 0.157. The van der Waals surface area contributed by atoms with Crippen LogP contribution in [0.4, 0.5) is 4.39 Å². The molecule has 2 nitrogen and oxygen atoms in total. The molecule has 0 radical (unpaired) electrons. The molecule has 0 aliphatic rings. The van der Waals surface area contributed by atoms with Crippen molar-refractivity contribution >= 4 is 11.6 Å². The van der Waals surface area contributed by atoms with Crippen LogP contribution < -0.4 is 5.73 Å². The van der Waals surface area contributed by atoms with Crippen molar-refractivity contribution in [3.63, 3.8) is 0 Å². The van der Waals surface area contributed by atoms with Gasteiger partial charge in [-0.25, -0.2) is 4.39 Å². The third kappa shape index (κ3) is 3.11. The van der Waals surface area contributed by atoms with E-state index in [0.29, 0.717) is 6.42 Å². The van der Waals surface area contributed by atoms with E-state index in [1.807, 2.05) is 12.3 Å². The number of nitrogens with zero attached hydrogens (tertiary/aromatic N) is 1. The van der Waals surface area contributed by atoms with E-state index in [2.05, 4.69) is 11.9 Å². The van der Waals surface area contributed by atoms with E-state index in [0.717, 1.165) is 23.1 Å². The standard InChI is InChI=1S/C15H16ClFN2/c1-2-10-9-19-7-6-12(10)14(18)8-11-4-3-5-13(17)15(11)16/h3-7,9,14H,2,8,18H2,1H3. The summed E-state index contributed by atoms with van der Waals surface area (Å²) in [6.45, 7) is 2.06. The molecule has 0 fully saturated rings. The van der Waals surface area contributed by atoms with E-state index in [4.69, 9.17) is 17.3 Å². The van der Waals surface area contributed by atoms with E-state index >= 15 is 0 Å². The molecule has 1 aromatic heterocycles. The predicted octanol–water partition coefficient (Wildman–Crippen LogP) is 3.68. The van der Waals surface area contributed by atoms with E-state index in [-0.39, 0.29) is 11.1 Å². The lowest BCUT2D eigenvalue weighted by Gasteiger charge is -2.16. The molecule has 0 saturated carbocycles. The minimum Gasteiger partial charge on any atom is -0.324 e. The highest BCUT2D eigenvalue weighted by Gasteiger charge is 2.14. The molecule has 100 valence electrons. The molecule has 1 unspecified atom stereocenters. The summed E-state index contributed by atoms with van der Waals surface area (Å²) >= 11 is 5.96. The van der Waals surface area contributed by atoms with Gasteiger partial charge in [-0.3, -0.25) is 4.98 Å². The first-order valence-electron chi connectivity index (χ1n) is 6.24. The zero-order valence-electron chi connectivity index (χ0n) is 10.7. The minimum atomic E-state index is -0.406. The second kappa shape index (κ2) is 6.13. The molecule has 2 rings (SSSR count). The molecule has 0 amide bonds. The summed E-state index contributed by atoms with van der Waals surface area (Å²) in [4.78, 5) is 4.10. The summed E-state index contributed by atoms with van der Waals surface area (Å²) in [7, 11) is 0. The van der Waals surface area contributed by atoms with Crippen LogP contribution in [0.2, 0.25) is 5.02 Å². The lowest BCUT2D eigenvalue weighted by atomic mass is 9.96. The zero-order valence-corrected chi connectivity index (χ0v) is 11.5. The van der Waals surface area contributed by atoms with Gasteiger partial charge in [-0.05, 0) is 41.7 Å². The van der Waals surface area contributed by atoms with Crippen LogP contribution in [0.1, 0.15) is 29.7 Å². The van der Waals surface area contributed by atoms with Crippen molar-refractivity contribution in [2.75, 3.05) is 0 Å². The molecule has 0 bridgehead atoms. The van der Waals surface area contributed by atoms with Crippen LogP contribution in [-0.2, 0) is 12.8 Å². The van der Waals surface area contributed by atoms with Gasteiger partial charge < -0.3 is 5.73 Å². The number of pyridine rings is 1. The largest absolute Gasteiger partial charge is 0.324 e. The van der Waals surface area contributed by atoms with Crippen molar-refractivity contribution < 1.29 is 4.39 Å². The molecule has 1 heterocycles. The molecule has 2 aromatic rings. The molecule has 2 N–H and O–H groups in total. The Bertz CT molecular complexity index is 572. The topological polar surface area (TPSA) is 38.9 Å². The Labute approximate surface area is 117 Å². The second-order valence-electron chi connectivity index (χ2n) is 4.45. The molecule has 0 aliphatic carbocycles. The fourth-order valence-electron chi connectivity index (χ4n) is 2.15. The third-order valence-electron chi connectivity index (χ3n) is 3.19. The number of hydrogen-bond acceptors (Lipinski definition) is 2. The van der Waals surface area contributed by atoms with Crippen molar-refractivity contribution in [1.82, 2.24) is 4.98 Å². The van der Waals surface area contributed by atoms with Crippen molar-refractivity contribution in [3.05, 3.63) is 64.2 Å². The van der Waals surface area contributed by atoms with Gasteiger partial charge in [0.05, 0.1) is 5.02 Å². The van der Waals surface area contributed by atoms with E-state index in [1.165, 1.54) is 6.07 Å².